The fraction of sp³-hybridized carbons (Fsp3) is 0.357. The first-order valence-electron chi connectivity index (χ1n) is 6.43. The third kappa shape index (κ3) is 2.14. The van der Waals surface area contributed by atoms with Crippen LogP contribution in [0.3, 0.4) is 0 Å². The first-order valence-corrected chi connectivity index (χ1v) is 6.43. The minimum Gasteiger partial charge on any atom is -0.299 e. The zero-order chi connectivity index (χ0) is 13.4. The summed E-state index contributed by atoms with van der Waals surface area (Å²) in [6.45, 7) is 4.81. The molecule has 0 amide bonds. The van der Waals surface area contributed by atoms with Crippen LogP contribution in [0.5, 0.6) is 0 Å². The van der Waals surface area contributed by atoms with E-state index in [0.29, 0.717) is 0 Å². The van der Waals surface area contributed by atoms with E-state index in [1.165, 1.54) is 22.9 Å². The fourth-order valence-corrected chi connectivity index (χ4v) is 2.46. The van der Waals surface area contributed by atoms with Gasteiger partial charge in [-0.05, 0) is 18.7 Å². The molecule has 0 saturated carbocycles. The van der Waals surface area contributed by atoms with E-state index in [1.54, 1.807) is 6.20 Å². The van der Waals surface area contributed by atoms with Crippen molar-refractivity contribution in [2.75, 3.05) is 13.1 Å². The second-order valence-corrected chi connectivity index (χ2v) is 4.73. The Hall–Kier alpha value is -1.75. The van der Waals surface area contributed by atoms with E-state index in [2.05, 4.69) is 16.9 Å². The summed E-state index contributed by atoms with van der Waals surface area (Å²) in [6, 6.07) is 3.85. The number of hydrogen-bond donors (Lipinski definition) is 0. The van der Waals surface area contributed by atoms with Gasteiger partial charge in [-0.25, -0.2) is 13.5 Å². The molecule has 1 aromatic carbocycles. The minimum atomic E-state index is -0.591. The lowest BCUT2D eigenvalue weighted by Crippen LogP contribution is -2.29. The maximum absolute atomic E-state index is 13.7. The molecule has 2 aromatic rings. The Balaban J connectivity index is 2.02. The third-order valence-corrected chi connectivity index (χ3v) is 3.55. The highest BCUT2D eigenvalue weighted by atomic mass is 19.1. The van der Waals surface area contributed by atoms with Crippen LogP contribution in [0.15, 0.2) is 24.4 Å². The minimum absolute atomic E-state index is 0.0973. The van der Waals surface area contributed by atoms with Crippen molar-refractivity contribution in [2.45, 2.75) is 19.9 Å². The Labute approximate surface area is 110 Å². The highest BCUT2D eigenvalue weighted by Gasteiger charge is 2.20. The monoisotopic (exact) mass is 263 g/mol. The van der Waals surface area contributed by atoms with Gasteiger partial charge in [0.05, 0.1) is 5.69 Å². The van der Waals surface area contributed by atoms with Crippen LogP contribution >= 0.6 is 0 Å². The molecular formula is C14H15F2N3. The molecular weight excluding hydrogens is 248 g/mol. The molecule has 3 nitrogen and oxygen atoms in total. The molecule has 100 valence electrons. The van der Waals surface area contributed by atoms with E-state index < -0.39 is 11.6 Å². The van der Waals surface area contributed by atoms with Gasteiger partial charge >= 0.3 is 0 Å². The first-order chi connectivity index (χ1) is 9.19. The van der Waals surface area contributed by atoms with E-state index in [1.807, 2.05) is 0 Å². The average Bonchev–Trinajstić information content (AvgIpc) is 2.80. The summed E-state index contributed by atoms with van der Waals surface area (Å²) in [5.74, 6) is -1.18. The molecule has 0 saturated heterocycles. The topological polar surface area (TPSA) is 21.1 Å². The molecule has 0 fully saturated rings. The Morgan fingerprint density at radius 1 is 1.26 bits per heavy atom. The summed E-state index contributed by atoms with van der Waals surface area (Å²) < 4.78 is 28.8. The van der Waals surface area contributed by atoms with Gasteiger partial charge in [0.25, 0.3) is 0 Å². The normalized spacial score (nSPS) is 15.5. The molecule has 3 rings (SSSR count). The largest absolute Gasteiger partial charge is 0.299 e. The SMILES string of the molecule is CCN1CCc2nn(-c3c(F)cccc3F)cc2C1. The van der Waals surface area contributed by atoms with Crippen LogP contribution in [-0.2, 0) is 13.0 Å². The van der Waals surface area contributed by atoms with Crippen LogP contribution in [0.1, 0.15) is 18.2 Å². The molecule has 19 heavy (non-hydrogen) atoms. The second kappa shape index (κ2) is 4.74. The number of para-hydroxylation sites is 1. The average molecular weight is 263 g/mol. The maximum Gasteiger partial charge on any atom is 0.151 e. The van der Waals surface area contributed by atoms with Gasteiger partial charge in [-0.1, -0.05) is 13.0 Å². The van der Waals surface area contributed by atoms with Crippen LogP contribution in [0.4, 0.5) is 8.78 Å². The molecule has 0 spiro atoms. The fourth-order valence-electron chi connectivity index (χ4n) is 2.46. The van der Waals surface area contributed by atoms with Crippen LogP contribution in [0, 0.1) is 11.6 Å². The van der Waals surface area contributed by atoms with Crippen molar-refractivity contribution < 1.29 is 8.78 Å². The summed E-state index contributed by atoms with van der Waals surface area (Å²) in [6.07, 6.45) is 2.56. The predicted octanol–water partition coefficient (Wildman–Crippen LogP) is 2.53. The van der Waals surface area contributed by atoms with Gasteiger partial charge in [0, 0.05) is 31.3 Å². The Morgan fingerprint density at radius 2 is 2.00 bits per heavy atom. The van der Waals surface area contributed by atoms with Gasteiger partial charge in [-0.15, -0.1) is 0 Å². The van der Waals surface area contributed by atoms with Crippen LogP contribution in [0.2, 0.25) is 0 Å². The summed E-state index contributed by atoms with van der Waals surface area (Å²) >= 11 is 0. The van der Waals surface area contributed by atoms with E-state index in [9.17, 15) is 8.78 Å². The molecule has 0 atom stereocenters. The Morgan fingerprint density at radius 3 is 2.68 bits per heavy atom. The standard InChI is InChI=1S/C14H15F2N3/c1-2-18-7-6-13-10(8-18)9-19(17-13)14-11(15)4-3-5-12(14)16/h3-5,9H,2,6-8H2,1H3. The quantitative estimate of drug-likeness (QED) is 0.830. The van der Waals surface area contributed by atoms with E-state index in [-0.39, 0.29) is 5.69 Å². The van der Waals surface area contributed by atoms with Crippen molar-refractivity contribution in [3.8, 4) is 5.69 Å². The van der Waals surface area contributed by atoms with Gasteiger partial charge < -0.3 is 0 Å². The number of halogens is 2. The zero-order valence-electron chi connectivity index (χ0n) is 10.7. The summed E-state index contributed by atoms with van der Waals surface area (Å²) in [7, 11) is 0. The number of rotatable bonds is 2. The highest BCUT2D eigenvalue weighted by molar-refractivity contribution is 5.36. The predicted molar refractivity (Wildman–Crippen MR) is 68.1 cm³/mol. The Kier molecular flexibility index (Phi) is 3.06. The van der Waals surface area contributed by atoms with Crippen molar-refractivity contribution >= 4 is 0 Å². The second-order valence-electron chi connectivity index (χ2n) is 4.73. The lowest BCUT2D eigenvalue weighted by atomic mass is 10.1. The number of benzene rings is 1. The number of fused-ring (bicyclic) bond motifs is 1. The third-order valence-electron chi connectivity index (χ3n) is 3.55. The van der Waals surface area contributed by atoms with Crippen LogP contribution in [0.25, 0.3) is 5.69 Å². The molecule has 1 aliphatic heterocycles. The number of hydrogen-bond acceptors (Lipinski definition) is 2. The lowest BCUT2D eigenvalue weighted by molar-refractivity contribution is 0.267. The zero-order valence-corrected chi connectivity index (χ0v) is 10.7. The van der Waals surface area contributed by atoms with E-state index in [4.69, 9.17) is 0 Å². The summed E-state index contributed by atoms with van der Waals surface area (Å²) in [4.78, 5) is 2.28. The molecule has 0 radical (unpaired) electrons. The van der Waals surface area contributed by atoms with Crippen molar-refractivity contribution in [1.82, 2.24) is 14.7 Å². The van der Waals surface area contributed by atoms with Crippen molar-refractivity contribution in [1.29, 1.82) is 0 Å². The molecule has 2 heterocycles. The molecule has 0 aliphatic carbocycles. The molecule has 1 aliphatic rings. The molecule has 0 unspecified atom stereocenters. The van der Waals surface area contributed by atoms with Gasteiger partial charge in [0.1, 0.15) is 5.69 Å². The van der Waals surface area contributed by atoms with E-state index in [0.717, 1.165) is 37.3 Å². The van der Waals surface area contributed by atoms with Crippen molar-refractivity contribution in [3.63, 3.8) is 0 Å². The van der Waals surface area contributed by atoms with E-state index >= 15 is 0 Å². The maximum atomic E-state index is 13.7. The number of aromatic nitrogens is 2. The smallest absolute Gasteiger partial charge is 0.151 e. The van der Waals surface area contributed by atoms with Gasteiger partial charge in [-0.3, -0.25) is 4.90 Å². The van der Waals surface area contributed by atoms with Gasteiger partial charge in [-0.2, -0.15) is 5.10 Å². The van der Waals surface area contributed by atoms with Crippen molar-refractivity contribution in [2.24, 2.45) is 0 Å². The summed E-state index contributed by atoms with van der Waals surface area (Å²) in [5.41, 5.74) is 1.89. The van der Waals surface area contributed by atoms with Crippen LogP contribution in [-0.4, -0.2) is 27.8 Å². The number of likely N-dealkylation sites (N-methyl/N-ethyl adjacent to an activating group) is 1. The van der Waals surface area contributed by atoms with Gasteiger partial charge in [0.15, 0.2) is 11.6 Å². The molecule has 0 bridgehead atoms. The summed E-state index contributed by atoms with van der Waals surface area (Å²) in [5, 5.41) is 4.32. The molecule has 1 aromatic heterocycles. The number of nitrogens with zero attached hydrogens (tertiary/aromatic N) is 3. The van der Waals surface area contributed by atoms with Gasteiger partial charge in [0.2, 0.25) is 0 Å². The first kappa shape index (κ1) is 12.3. The lowest BCUT2D eigenvalue weighted by Gasteiger charge is -2.23. The molecule has 5 heteroatoms. The molecule has 0 N–H and O–H groups in total. The Bertz CT molecular complexity index is 586. The highest BCUT2D eigenvalue weighted by Crippen LogP contribution is 2.22. The van der Waals surface area contributed by atoms with Crippen LogP contribution < -0.4 is 0 Å². The van der Waals surface area contributed by atoms with Crippen molar-refractivity contribution in [3.05, 3.63) is 47.3 Å².